The zero-order valence-electron chi connectivity index (χ0n) is 12.4. The first-order valence-electron chi connectivity index (χ1n) is 7.23. The topological polar surface area (TPSA) is 41.6 Å². The average molecular weight is 314 g/mol. The van der Waals surface area contributed by atoms with Gasteiger partial charge in [-0.05, 0) is 36.4 Å². The maximum atomic E-state index is 12.7. The number of para-hydroxylation sites is 3. The van der Waals surface area contributed by atoms with Crippen molar-refractivity contribution in [3.05, 3.63) is 48.5 Å². The number of anilines is 2. The first-order chi connectivity index (χ1) is 10.8. The van der Waals surface area contributed by atoms with E-state index in [0.29, 0.717) is 18.0 Å². The quantitative estimate of drug-likeness (QED) is 0.902. The first-order valence-corrected chi connectivity index (χ1v) is 8.21. The minimum absolute atomic E-state index is 0.126. The number of fused-ring (bicyclic) bond motifs is 1. The molecule has 3 rings (SSSR count). The van der Waals surface area contributed by atoms with Gasteiger partial charge in [0.15, 0.2) is 0 Å². The lowest BCUT2D eigenvalue weighted by atomic mass is 10.2. The molecular formula is C17H18N2O2S. The number of methoxy groups -OCH3 is 1. The van der Waals surface area contributed by atoms with E-state index in [4.69, 9.17) is 4.74 Å². The van der Waals surface area contributed by atoms with Gasteiger partial charge in [0.25, 0.3) is 0 Å². The summed E-state index contributed by atoms with van der Waals surface area (Å²) in [4.78, 5) is 15.7. The summed E-state index contributed by atoms with van der Waals surface area (Å²) < 4.78 is 5.29. The molecule has 114 valence electrons. The Bertz CT molecular complexity index is 675. The molecule has 2 amide bonds. The number of urea groups is 1. The van der Waals surface area contributed by atoms with Gasteiger partial charge in [-0.2, -0.15) is 0 Å². The number of amides is 2. The highest BCUT2D eigenvalue weighted by atomic mass is 32.2. The number of rotatable bonds is 2. The molecule has 1 N–H and O–H groups in total. The van der Waals surface area contributed by atoms with Gasteiger partial charge in [-0.1, -0.05) is 24.3 Å². The maximum Gasteiger partial charge on any atom is 0.326 e. The van der Waals surface area contributed by atoms with Crippen LogP contribution in [-0.2, 0) is 0 Å². The predicted molar refractivity (Wildman–Crippen MR) is 91.1 cm³/mol. The van der Waals surface area contributed by atoms with E-state index in [1.165, 1.54) is 0 Å². The highest BCUT2D eigenvalue weighted by Gasteiger charge is 2.21. The molecule has 0 saturated heterocycles. The minimum Gasteiger partial charge on any atom is -0.495 e. The second-order valence-corrected chi connectivity index (χ2v) is 6.09. The molecule has 1 heterocycles. The number of benzene rings is 2. The lowest BCUT2D eigenvalue weighted by Gasteiger charge is -2.23. The van der Waals surface area contributed by atoms with Crippen molar-refractivity contribution in [2.75, 3.05) is 29.6 Å². The van der Waals surface area contributed by atoms with Gasteiger partial charge < -0.3 is 10.1 Å². The van der Waals surface area contributed by atoms with Gasteiger partial charge in [0.05, 0.1) is 18.5 Å². The summed E-state index contributed by atoms with van der Waals surface area (Å²) in [5.74, 6) is 1.68. The van der Waals surface area contributed by atoms with Crippen LogP contribution in [0.2, 0.25) is 0 Å². The molecule has 0 spiro atoms. The number of nitrogens with one attached hydrogen (secondary N) is 1. The lowest BCUT2D eigenvalue weighted by molar-refractivity contribution is 0.256. The molecular weight excluding hydrogens is 296 g/mol. The summed E-state index contributed by atoms with van der Waals surface area (Å²) in [6.07, 6.45) is 0.971. The zero-order valence-corrected chi connectivity index (χ0v) is 13.2. The van der Waals surface area contributed by atoms with E-state index in [2.05, 4.69) is 11.4 Å². The number of thioether (sulfide) groups is 1. The molecule has 0 aliphatic carbocycles. The molecule has 0 saturated carbocycles. The van der Waals surface area contributed by atoms with Crippen LogP contribution in [0.5, 0.6) is 5.75 Å². The van der Waals surface area contributed by atoms with Crippen molar-refractivity contribution >= 4 is 29.2 Å². The fourth-order valence-electron chi connectivity index (χ4n) is 2.47. The third-order valence-electron chi connectivity index (χ3n) is 3.53. The van der Waals surface area contributed by atoms with Crippen molar-refractivity contribution in [2.24, 2.45) is 0 Å². The van der Waals surface area contributed by atoms with Crippen LogP contribution in [0, 0.1) is 0 Å². The minimum atomic E-state index is -0.126. The third-order valence-corrected chi connectivity index (χ3v) is 4.68. The second kappa shape index (κ2) is 6.75. The summed E-state index contributed by atoms with van der Waals surface area (Å²) in [7, 11) is 1.60. The van der Waals surface area contributed by atoms with Gasteiger partial charge in [0.2, 0.25) is 0 Å². The number of ether oxygens (including phenoxy) is 1. The highest BCUT2D eigenvalue weighted by molar-refractivity contribution is 7.99. The molecule has 0 atom stereocenters. The molecule has 1 aliphatic heterocycles. The third kappa shape index (κ3) is 3.04. The van der Waals surface area contributed by atoms with Gasteiger partial charge in [0, 0.05) is 11.4 Å². The van der Waals surface area contributed by atoms with Crippen LogP contribution in [0.25, 0.3) is 0 Å². The van der Waals surface area contributed by atoms with E-state index >= 15 is 0 Å². The Labute approximate surface area is 134 Å². The number of hydrogen-bond acceptors (Lipinski definition) is 3. The van der Waals surface area contributed by atoms with Gasteiger partial charge in [-0.3, -0.25) is 4.90 Å². The normalized spacial score (nSPS) is 14.0. The lowest BCUT2D eigenvalue weighted by Crippen LogP contribution is -2.35. The largest absolute Gasteiger partial charge is 0.495 e. The molecule has 0 radical (unpaired) electrons. The second-order valence-electron chi connectivity index (χ2n) is 4.95. The molecule has 0 aromatic heterocycles. The fraction of sp³-hybridized carbons (Fsp3) is 0.235. The molecule has 5 heteroatoms. The van der Waals surface area contributed by atoms with Crippen LogP contribution in [0.1, 0.15) is 6.42 Å². The molecule has 0 fully saturated rings. The Kier molecular flexibility index (Phi) is 4.53. The van der Waals surface area contributed by atoms with Gasteiger partial charge in [-0.15, -0.1) is 11.8 Å². The SMILES string of the molecule is COc1ccccc1NC(=O)N1CCCSc2ccccc21. The molecule has 22 heavy (non-hydrogen) atoms. The summed E-state index contributed by atoms with van der Waals surface area (Å²) in [6.45, 7) is 0.713. The maximum absolute atomic E-state index is 12.7. The van der Waals surface area contributed by atoms with E-state index in [0.717, 1.165) is 22.8 Å². The first kappa shape index (κ1) is 14.8. The number of carbonyl (C=O) groups is 1. The Hall–Kier alpha value is -2.14. The summed E-state index contributed by atoms with van der Waals surface area (Å²) in [5.41, 5.74) is 1.65. The van der Waals surface area contributed by atoms with Crippen LogP contribution >= 0.6 is 11.8 Å². The van der Waals surface area contributed by atoms with E-state index in [9.17, 15) is 4.79 Å². The van der Waals surface area contributed by atoms with Crippen molar-refractivity contribution in [3.63, 3.8) is 0 Å². The standard InChI is InChI=1S/C17H18N2O2S/c1-21-15-9-4-2-7-13(15)18-17(20)19-11-6-12-22-16-10-5-3-8-14(16)19/h2-5,7-10H,6,11-12H2,1H3,(H,18,20). The Morgan fingerprint density at radius 3 is 2.82 bits per heavy atom. The average Bonchev–Trinajstić information content (AvgIpc) is 2.78. The van der Waals surface area contributed by atoms with E-state index < -0.39 is 0 Å². The van der Waals surface area contributed by atoms with Crippen molar-refractivity contribution < 1.29 is 9.53 Å². The van der Waals surface area contributed by atoms with Crippen LogP contribution in [0.3, 0.4) is 0 Å². The van der Waals surface area contributed by atoms with Gasteiger partial charge >= 0.3 is 6.03 Å². The summed E-state index contributed by atoms with van der Waals surface area (Å²) in [5, 5.41) is 2.95. The van der Waals surface area contributed by atoms with E-state index in [1.807, 2.05) is 47.4 Å². The number of nitrogens with zero attached hydrogens (tertiary/aromatic N) is 1. The Balaban J connectivity index is 1.86. The van der Waals surface area contributed by atoms with Gasteiger partial charge in [0.1, 0.15) is 5.75 Å². The molecule has 0 bridgehead atoms. The highest BCUT2D eigenvalue weighted by Crippen LogP contribution is 2.34. The predicted octanol–water partition coefficient (Wildman–Crippen LogP) is 4.23. The number of hydrogen-bond donors (Lipinski definition) is 1. The van der Waals surface area contributed by atoms with Crippen LogP contribution in [0.15, 0.2) is 53.4 Å². The van der Waals surface area contributed by atoms with Gasteiger partial charge in [-0.25, -0.2) is 4.79 Å². The van der Waals surface area contributed by atoms with Crippen molar-refractivity contribution in [2.45, 2.75) is 11.3 Å². The molecule has 1 aliphatic rings. The van der Waals surface area contributed by atoms with E-state index in [-0.39, 0.29) is 6.03 Å². The fourth-order valence-corrected chi connectivity index (χ4v) is 3.46. The van der Waals surface area contributed by atoms with Crippen LogP contribution < -0.4 is 15.0 Å². The molecule has 2 aromatic carbocycles. The van der Waals surface area contributed by atoms with Crippen LogP contribution in [-0.4, -0.2) is 25.4 Å². The Morgan fingerprint density at radius 1 is 1.18 bits per heavy atom. The smallest absolute Gasteiger partial charge is 0.326 e. The Morgan fingerprint density at radius 2 is 1.95 bits per heavy atom. The van der Waals surface area contributed by atoms with Crippen LogP contribution in [0.4, 0.5) is 16.2 Å². The van der Waals surface area contributed by atoms with Crippen molar-refractivity contribution in [3.8, 4) is 5.75 Å². The summed E-state index contributed by atoms with van der Waals surface area (Å²) in [6, 6.07) is 15.3. The summed E-state index contributed by atoms with van der Waals surface area (Å²) >= 11 is 1.80. The monoisotopic (exact) mass is 314 g/mol. The van der Waals surface area contributed by atoms with Crippen molar-refractivity contribution in [1.82, 2.24) is 0 Å². The van der Waals surface area contributed by atoms with E-state index in [1.54, 1.807) is 18.9 Å². The molecule has 2 aromatic rings. The molecule has 0 unspecified atom stereocenters. The molecule has 4 nitrogen and oxygen atoms in total. The zero-order chi connectivity index (χ0) is 15.4. The number of carbonyl (C=O) groups excluding carboxylic acids is 1. The van der Waals surface area contributed by atoms with Crippen molar-refractivity contribution in [1.29, 1.82) is 0 Å².